The van der Waals surface area contributed by atoms with Gasteiger partial charge in [-0.05, 0) is 66.4 Å². The fourth-order valence-electron chi connectivity index (χ4n) is 6.31. The van der Waals surface area contributed by atoms with Crippen molar-refractivity contribution in [2.75, 3.05) is 9.80 Å². The van der Waals surface area contributed by atoms with Crippen LogP contribution in [-0.2, 0) is 0 Å². The average Bonchev–Trinajstić information content (AvgIpc) is 3.24. The highest BCUT2D eigenvalue weighted by Crippen LogP contribution is 2.52. The highest BCUT2D eigenvalue weighted by molar-refractivity contribution is 5.90. The molecule has 2 heteroatoms. The van der Waals surface area contributed by atoms with Crippen molar-refractivity contribution in [1.29, 1.82) is 0 Å². The van der Waals surface area contributed by atoms with Crippen molar-refractivity contribution in [3.8, 4) is 11.1 Å². The van der Waals surface area contributed by atoms with Gasteiger partial charge in [0.1, 0.15) is 0 Å². The van der Waals surface area contributed by atoms with Crippen LogP contribution in [0.5, 0.6) is 0 Å². The summed E-state index contributed by atoms with van der Waals surface area (Å²) >= 11 is 0. The van der Waals surface area contributed by atoms with Crippen molar-refractivity contribution in [3.05, 3.63) is 132 Å². The van der Waals surface area contributed by atoms with E-state index in [4.69, 9.17) is 0 Å². The summed E-state index contributed by atoms with van der Waals surface area (Å²) < 4.78 is 0. The maximum Gasteiger partial charge on any atom is 0.0629 e. The smallest absolute Gasteiger partial charge is 0.0629 e. The largest absolute Gasteiger partial charge is 0.333 e. The lowest BCUT2D eigenvalue weighted by atomic mass is 9.87. The Kier molecular flexibility index (Phi) is 4.50. The van der Waals surface area contributed by atoms with Gasteiger partial charge in [-0.3, -0.25) is 0 Å². The van der Waals surface area contributed by atoms with E-state index >= 15 is 0 Å². The Hall–Kier alpha value is -4.04. The lowest BCUT2D eigenvalue weighted by molar-refractivity contribution is 0.739. The molecule has 4 aromatic carbocycles. The number of rotatable bonds is 2. The molecule has 3 aliphatic rings. The van der Waals surface area contributed by atoms with Gasteiger partial charge in [-0.15, -0.1) is 0 Å². The van der Waals surface area contributed by atoms with Crippen LogP contribution in [0.25, 0.3) is 11.1 Å². The first-order valence-corrected chi connectivity index (χ1v) is 12.5. The van der Waals surface area contributed by atoms with Crippen LogP contribution >= 0.6 is 0 Å². The molecule has 2 heterocycles. The van der Waals surface area contributed by atoms with Gasteiger partial charge >= 0.3 is 0 Å². The first kappa shape index (κ1) is 20.3. The van der Waals surface area contributed by atoms with Gasteiger partial charge in [-0.2, -0.15) is 0 Å². The Labute approximate surface area is 207 Å². The first-order valence-electron chi connectivity index (χ1n) is 12.5. The third-order valence-corrected chi connectivity index (χ3v) is 7.94. The molecule has 7 rings (SSSR count). The number of para-hydroxylation sites is 3. The molecular weight excluding hydrogens is 424 g/mol. The zero-order chi connectivity index (χ0) is 23.5. The standard InChI is InChI=1S/C33H28N2/c1-22-11-3-7-15-30(22)34-23(2)29-21-24(19-20-25(29)26-12-4-8-16-31(26)34)35-32-17-9-5-13-27(32)28-14-6-10-18-33(28)35/h3-21,23,27,32H,1-2H3. The van der Waals surface area contributed by atoms with Crippen molar-refractivity contribution in [2.45, 2.75) is 31.8 Å². The summed E-state index contributed by atoms with van der Waals surface area (Å²) in [6, 6.07) is 34.1. The third-order valence-electron chi connectivity index (χ3n) is 7.94. The Morgan fingerprint density at radius 1 is 0.600 bits per heavy atom. The van der Waals surface area contributed by atoms with Gasteiger partial charge in [-0.1, -0.05) is 85.0 Å². The second-order valence-electron chi connectivity index (χ2n) is 9.84. The molecule has 0 aromatic heterocycles. The van der Waals surface area contributed by atoms with E-state index in [-0.39, 0.29) is 6.04 Å². The molecule has 0 bridgehead atoms. The van der Waals surface area contributed by atoms with Crippen molar-refractivity contribution in [1.82, 2.24) is 0 Å². The molecule has 1 aliphatic carbocycles. The Bertz CT molecular complexity index is 1510. The van der Waals surface area contributed by atoms with Gasteiger partial charge in [0.05, 0.1) is 12.1 Å². The minimum atomic E-state index is 0.219. The Morgan fingerprint density at radius 3 is 2.17 bits per heavy atom. The molecule has 0 saturated carbocycles. The molecule has 0 amide bonds. The van der Waals surface area contributed by atoms with Gasteiger partial charge in [0.2, 0.25) is 0 Å². The van der Waals surface area contributed by atoms with Crippen LogP contribution < -0.4 is 9.80 Å². The molecule has 3 atom stereocenters. The normalized spacial score (nSPS) is 21.4. The van der Waals surface area contributed by atoms with E-state index in [2.05, 4.69) is 139 Å². The predicted molar refractivity (Wildman–Crippen MR) is 147 cm³/mol. The molecule has 2 aliphatic heterocycles. The van der Waals surface area contributed by atoms with Gasteiger partial charge in [0.15, 0.2) is 0 Å². The van der Waals surface area contributed by atoms with Crippen molar-refractivity contribution < 1.29 is 0 Å². The molecular formula is C33H28N2. The molecule has 35 heavy (non-hydrogen) atoms. The van der Waals surface area contributed by atoms with Crippen LogP contribution in [0, 0.1) is 6.92 Å². The summed E-state index contributed by atoms with van der Waals surface area (Å²) in [5.41, 5.74) is 11.9. The van der Waals surface area contributed by atoms with Crippen molar-refractivity contribution in [2.24, 2.45) is 0 Å². The topological polar surface area (TPSA) is 6.48 Å². The van der Waals surface area contributed by atoms with Gasteiger partial charge < -0.3 is 9.80 Å². The summed E-state index contributed by atoms with van der Waals surface area (Å²) in [4.78, 5) is 5.05. The molecule has 0 N–H and O–H groups in total. The second kappa shape index (κ2) is 7.74. The Balaban J connectivity index is 1.41. The Morgan fingerprint density at radius 2 is 1.31 bits per heavy atom. The predicted octanol–water partition coefficient (Wildman–Crippen LogP) is 8.60. The van der Waals surface area contributed by atoms with Gasteiger partial charge in [-0.25, -0.2) is 0 Å². The lowest BCUT2D eigenvalue weighted by Crippen LogP contribution is -2.30. The summed E-state index contributed by atoms with van der Waals surface area (Å²) in [7, 11) is 0. The molecule has 170 valence electrons. The highest BCUT2D eigenvalue weighted by atomic mass is 15.2. The van der Waals surface area contributed by atoms with E-state index in [0.29, 0.717) is 12.0 Å². The lowest BCUT2D eigenvalue weighted by Gasteiger charge is -2.40. The van der Waals surface area contributed by atoms with Gasteiger partial charge in [0, 0.05) is 34.2 Å². The molecule has 3 unspecified atom stereocenters. The number of aryl methyl sites for hydroxylation is 1. The second-order valence-corrected chi connectivity index (χ2v) is 9.84. The van der Waals surface area contributed by atoms with E-state index < -0.39 is 0 Å². The van der Waals surface area contributed by atoms with Crippen molar-refractivity contribution in [3.63, 3.8) is 0 Å². The number of anilines is 4. The number of benzene rings is 4. The molecule has 2 nitrogen and oxygen atoms in total. The van der Waals surface area contributed by atoms with E-state index in [9.17, 15) is 0 Å². The van der Waals surface area contributed by atoms with Crippen LogP contribution in [0.2, 0.25) is 0 Å². The molecule has 0 radical (unpaired) electrons. The zero-order valence-corrected chi connectivity index (χ0v) is 20.1. The molecule has 0 fully saturated rings. The quantitative estimate of drug-likeness (QED) is 0.300. The zero-order valence-electron chi connectivity index (χ0n) is 20.1. The maximum absolute atomic E-state index is 2.53. The van der Waals surface area contributed by atoms with Crippen LogP contribution in [-0.4, -0.2) is 6.04 Å². The third kappa shape index (κ3) is 2.96. The fraction of sp³-hybridized carbons (Fsp3) is 0.152. The summed E-state index contributed by atoms with van der Waals surface area (Å²) in [6.07, 6.45) is 9.08. The minimum absolute atomic E-state index is 0.219. The van der Waals surface area contributed by atoms with E-state index in [1.54, 1.807) is 0 Å². The number of allylic oxidation sites excluding steroid dienone is 2. The van der Waals surface area contributed by atoms with Crippen LogP contribution in [0.15, 0.2) is 115 Å². The highest BCUT2D eigenvalue weighted by Gasteiger charge is 2.38. The fourth-order valence-corrected chi connectivity index (χ4v) is 6.31. The maximum atomic E-state index is 2.53. The minimum Gasteiger partial charge on any atom is -0.333 e. The number of fused-ring (bicyclic) bond motifs is 6. The summed E-state index contributed by atoms with van der Waals surface area (Å²) in [5, 5.41) is 0. The molecule has 0 saturated heterocycles. The van der Waals surface area contributed by atoms with Crippen LogP contribution in [0.4, 0.5) is 22.7 Å². The average molecular weight is 453 g/mol. The SMILES string of the molecule is Cc1ccccc1N1c2ccccc2-c2ccc(N3c4ccccc4C4C=CC=CC43)cc2C1C. The number of nitrogens with zero attached hydrogens (tertiary/aromatic N) is 2. The van der Waals surface area contributed by atoms with Crippen molar-refractivity contribution >= 4 is 22.7 Å². The van der Waals surface area contributed by atoms with E-state index in [1.807, 2.05) is 0 Å². The summed E-state index contributed by atoms with van der Waals surface area (Å²) in [5.74, 6) is 0.397. The summed E-state index contributed by atoms with van der Waals surface area (Å²) in [6.45, 7) is 4.55. The van der Waals surface area contributed by atoms with E-state index in [1.165, 1.54) is 50.6 Å². The van der Waals surface area contributed by atoms with Crippen LogP contribution in [0.3, 0.4) is 0 Å². The number of hydrogen-bond acceptors (Lipinski definition) is 2. The molecule has 0 spiro atoms. The first-order chi connectivity index (χ1) is 17.2. The molecule has 4 aromatic rings. The number of hydrogen-bond donors (Lipinski definition) is 0. The van der Waals surface area contributed by atoms with Gasteiger partial charge in [0.25, 0.3) is 0 Å². The van der Waals surface area contributed by atoms with E-state index in [0.717, 1.165) is 0 Å². The monoisotopic (exact) mass is 452 g/mol. The van der Waals surface area contributed by atoms with Crippen LogP contribution in [0.1, 0.15) is 35.6 Å².